The summed E-state index contributed by atoms with van der Waals surface area (Å²) in [5, 5.41) is 0. The Morgan fingerprint density at radius 3 is 2.08 bits per heavy atom. The van der Waals surface area contributed by atoms with Gasteiger partial charge in [0.1, 0.15) is 17.1 Å². The largest absolute Gasteiger partial charge is 0.230 e. The Balaban J connectivity index is 2.11. The summed E-state index contributed by atoms with van der Waals surface area (Å²) in [4.78, 5) is 0.351. The SMILES string of the molecule is CC[N+]1(c2ccccc2)C(C)=CC=C1c1ccc(S(C)(=O)=O)cc1. The molecule has 0 radical (unpaired) electrons. The molecule has 1 atom stereocenters. The van der Waals surface area contributed by atoms with Crippen molar-refractivity contribution in [2.45, 2.75) is 18.7 Å². The fraction of sp³-hybridized carbons (Fsp3) is 0.200. The Morgan fingerprint density at radius 1 is 0.917 bits per heavy atom. The molecule has 2 aromatic carbocycles. The smallest absolute Gasteiger partial charge is 0.175 e. The number of allylic oxidation sites excluding steroid dienone is 3. The van der Waals surface area contributed by atoms with Crippen molar-refractivity contribution in [1.82, 2.24) is 4.48 Å². The lowest BCUT2D eigenvalue weighted by atomic mass is 10.1. The molecule has 1 heterocycles. The minimum Gasteiger partial charge on any atom is -0.230 e. The van der Waals surface area contributed by atoms with Crippen LogP contribution < -0.4 is 4.48 Å². The molecule has 3 nitrogen and oxygen atoms in total. The van der Waals surface area contributed by atoms with E-state index in [0.29, 0.717) is 9.38 Å². The highest BCUT2D eigenvalue weighted by Gasteiger charge is 2.40. The molecule has 1 aliphatic heterocycles. The van der Waals surface area contributed by atoms with Crippen LogP contribution in [-0.4, -0.2) is 21.2 Å². The van der Waals surface area contributed by atoms with E-state index in [1.807, 2.05) is 18.2 Å². The van der Waals surface area contributed by atoms with Crippen LogP contribution in [0.15, 0.2) is 77.3 Å². The lowest BCUT2D eigenvalue weighted by Gasteiger charge is -2.36. The molecule has 0 N–H and O–H groups in total. The fourth-order valence-corrected chi connectivity index (χ4v) is 4.09. The first-order chi connectivity index (χ1) is 11.4. The van der Waals surface area contributed by atoms with E-state index in [-0.39, 0.29) is 0 Å². The number of sulfone groups is 1. The molecule has 1 aliphatic rings. The van der Waals surface area contributed by atoms with Gasteiger partial charge in [-0.3, -0.25) is 0 Å². The normalized spacial score (nSPS) is 20.6. The average Bonchev–Trinajstić information content (AvgIpc) is 2.92. The van der Waals surface area contributed by atoms with Gasteiger partial charge in [-0.1, -0.05) is 18.2 Å². The minimum absolute atomic E-state index is 0.351. The summed E-state index contributed by atoms with van der Waals surface area (Å²) >= 11 is 0. The molecule has 0 amide bonds. The number of nitrogens with zero attached hydrogens (tertiary/aromatic N) is 1. The molecule has 0 bridgehead atoms. The van der Waals surface area contributed by atoms with E-state index in [1.54, 1.807) is 12.1 Å². The maximum absolute atomic E-state index is 11.7. The number of quaternary nitrogens is 1. The van der Waals surface area contributed by atoms with Crippen molar-refractivity contribution in [3.05, 3.63) is 78.0 Å². The van der Waals surface area contributed by atoms with E-state index in [0.717, 1.165) is 12.1 Å². The van der Waals surface area contributed by atoms with Gasteiger partial charge in [-0.2, -0.15) is 0 Å². The fourth-order valence-electron chi connectivity index (χ4n) is 3.46. The van der Waals surface area contributed by atoms with E-state index >= 15 is 0 Å². The second kappa shape index (κ2) is 6.04. The van der Waals surface area contributed by atoms with Crippen LogP contribution in [-0.2, 0) is 9.84 Å². The van der Waals surface area contributed by atoms with Gasteiger partial charge in [-0.25, -0.2) is 12.9 Å². The molecule has 3 rings (SSSR count). The molecule has 0 saturated carbocycles. The Labute approximate surface area is 144 Å². The summed E-state index contributed by atoms with van der Waals surface area (Å²) in [7, 11) is -3.18. The second-order valence-electron chi connectivity index (χ2n) is 6.12. The molecule has 1 unspecified atom stereocenters. The number of benzene rings is 2. The van der Waals surface area contributed by atoms with Gasteiger partial charge in [-0.15, -0.1) is 0 Å². The Bertz CT molecular complexity index is 910. The molecule has 4 heteroatoms. The highest BCUT2D eigenvalue weighted by atomic mass is 32.2. The van der Waals surface area contributed by atoms with Crippen molar-refractivity contribution in [3.8, 4) is 0 Å². The van der Waals surface area contributed by atoms with Crippen molar-refractivity contribution in [2.75, 3.05) is 12.8 Å². The zero-order chi connectivity index (χ0) is 17.4. The molecule has 0 aromatic heterocycles. The van der Waals surface area contributed by atoms with Crippen LogP contribution in [0.1, 0.15) is 19.4 Å². The van der Waals surface area contributed by atoms with Gasteiger partial charge in [0.2, 0.25) is 0 Å². The maximum atomic E-state index is 11.7. The summed E-state index contributed by atoms with van der Waals surface area (Å²) in [6.07, 6.45) is 5.52. The van der Waals surface area contributed by atoms with E-state index < -0.39 is 9.84 Å². The van der Waals surface area contributed by atoms with Crippen molar-refractivity contribution in [3.63, 3.8) is 0 Å². The third-order valence-electron chi connectivity index (χ3n) is 4.75. The Kier molecular flexibility index (Phi) is 4.20. The number of hydrogen-bond donors (Lipinski definition) is 0. The van der Waals surface area contributed by atoms with Gasteiger partial charge in [-0.05, 0) is 43.3 Å². The lowest BCUT2D eigenvalue weighted by molar-refractivity contribution is 0.507. The van der Waals surface area contributed by atoms with Crippen molar-refractivity contribution < 1.29 is 8.42 Å². The number of hydrogen-bond acceptors (Lipinski definition) is 2. The van der Waals surface area contributed by atoms with Crippen LogP contribution in [0.2, 0.25) is 0 Å². The predicted octanol–water partition coefficient (Wildman–Crippen LogP) is 4.38. The van der Waals surface area contributed by atoms with E-state index in [9.17, 15) is 8.42 Å². The van der Waals surface area contributed by atoms with Crippen LogP contribution in [0, 0.1) is 0 Å². The predicted molar refractivity (Wildman–Crippen MR) is 100 cm³/mol. The zero-order valence-electron chi connectivity index (χ0n) is 14.2. The van der Waals surface area contributed by atoms with E-state index in [4.69, 9.17) is 0 Å². The topological polar surface area (TPSA) is 34.1 Å². The van der Waals surface area contributed by atoms with Gasteiger partial charge < -0.3 is 0 Å². The molecule has 0 aliphatic carbocycles. The Morgan fingerprint density at radius 2 is 1.54 bits per heavy atom. The summed E-state index contributed by atoms with van der Waals surface area (Å²) in [5.74, 6) is 0. The summed E-state index contributed by atoms with van der Waals surface area (Å²) in [6, 6.07) is 17.6. The third-order valence-corrected chi connectivity index (χ3v) is 5.87. The van der Waals surface area contributed by atoms with Gasteiger partial charge in [0.15, 0.2) is 9.84 Å². The minimum atomic E-state index is -3.18. The maximum Gasteiger partial charge on any atom is 0.175 e. The zero-order valence-corrected chi connectivity index (χ0v) is 15.0. The van der Waals surface area contributed by atoms with Crippen LogP contribution in [0.3, 0.4) is 0 Å². The van der Waals surface area contributed by atoms with Crippen molar-refractivity contribution in [1.29, 1.82) is 0 Å². The molecule has 0 saturated heterocycles. The molecule has 0 fully saturated rings. The first-order valence-corrected chi connectivity index (χ1v) is 9.92. The summed E-state index contributed by atoms with van der Waals surface area (Å²) in [5.41, 5.74) is 4.68. The average molecular weight is 340 g/mol. The van der Waals surface area contributed by atoms with Crippen LogP contribution in [0.5, 0.6) is 0 Å². The molecule has 2 aromatic rings. The standard InChI is InChI=1S/C20H22NO2S/c1-4-21(18-8-6-5-7-9-18)16(2)10-15-20(21)17-11-13-19(14-12-17)24(3,22)23/h5-15H,4H2,1-3H3/q+1. The first-order valence-electron chi connectivity index (χ1n) is 8.03. The first kappa shape index (κ1) is 16.7. The molecule has 24 heavy (non-hydrogen) atoms. The summed E-state index contributed by atoms with van der Waals surface area (Å²) in [6.45, 7) is 5.21. The van der Waals surface area contributed by atoms with Crippen LogP contribution >= 0.6 is 0 Å². The summed E-state index contributed by atoms with van der Waals surface area (Å²) < 4.78 is 24.1. The molecular formula is C20H22NO2S+. The van der Waals surface area contributed by atoms with E-state index in [1.165, 1.54) is 23.3 Å². The van der Waals surface area contributed by atoms with Crippen LogP contribution in [0.4, 0.5) is 5.69 Å². The molecular weight excluding hydrogens is 318 g/mol. The van der Waals surface area contributed by atoms with Gasteiger partial charge in [0.25, 0.3) is 0 Å². The van der Waals surface area contributed by atoms with Gasteiger partial charge >= 0.3 is 0 Å². The van der Waals surface area contributed by atoms with Gasteiger partial charge in [0, 0.05) is 30.9 Å². The molecule has 124 valence electrons. The third kappa shape index (κ3) is 2.62. The van der Waals surface area contributed by atoms with Crippen LogP contribution in [0.25, 0.3) is 5.70 Å². The monoisotopic (exact) mass is 340 g/mol. The second-order valence-corrected chi connectivity index (χ2v) is 8.13. The quantitative estimate of drug-likeness (QED) is 0.774. The molecule has 0 spiro atoms. The van der Waals surface area contributed by atoms with Crippen molar-refractivity contribution >= 4 is 21.2 Å². The number of rotatable bonds is 4. The highest BCUT2D eigenvalue weighted by Crippen LogP contribution is 2.42. The van der Waals surface area contributed by atoms with E-state index in [2.05, 4.69) is 50.3 Å². The van der Waals surface area contributed by atoms with Gasteiger partial charge in [0.05, 0.1) is 11.4 Å². The number of para-hydroxylation sites is 1. The lowest BCUT2D eigenvalue weighted by Crippen LogP contribution is -2.43. The highest BCUT2D eigenvalue weighted by molar-refractivity contribution is 7.90. The van der Waals surface area contributed by atoms with Crippen molar-refractivity contribution in [2.24, 2.45) is 0 Å². The Hall–Kier alpha value is -2.17.